The molecular weight excluding hydrogens is 409 g/mol. The number of nitrogens with zero attached hydrogens (tertiary/aromatic N) is 2. The van der Waals surface area contributed by atoms with Crippen LogP contribution < -0.4 is 4.74 Å². The van der Waals surface area contributed by atoms with E-state index in [9.17, 15) is 18.0 Å². The fraction of sp³-hybridized carbons (Fsp3) is 0.696. The molecule has 31 heavy (non-hydrogen) atoms. The van der Waals surface area contributed by atoms with E-state index >= 15 is 0 Å². The Bertz CT molecular complexity index is 774. The highest BCUT2D eigenvalue weighted by molar-refractivity contribution is 5.78. The lowest BCUT2D eigenvalue weighted by Crippen LogP contribution is -2.58. The van der Waals surface area contributed by atoms with E-state index in [4.69, 9.17) is 9.47 Å². The molecule has 1 amide bonds. The minimum atomic E-state index is -4.44. The Morgan fingerprint density at radius 2 is 2.03 bits per heavy atom. The first-order valence-corrected chi connectivity index (χ1v) is 11.2. The first kappa shape index (κ1) is 22.4. The van der Waals surface area contributed by atoms with Crippen molar-refractivity contribution in [3.8, 4) is 5.75 Å². The van der Waals surface area contributed by atoms with Crippen LogP contribution in [0.15, 0.2) is 24.3 Å². The summed E-state index contributed by atoms with van der Waals surface area (Å²) in [6, 6.07) is 4.96. The van der Waals surface area contributed by atoms with Gasteiger partial charge in [-0.25, -0.2) is 0 Å². The maximum atomic E-state index is 12.9. The van der Waals surface area contributed by atoms with Gasteiger partial charge >= 0.3 is 6.18 Å². The van der Waals surface area contributed by atoms with E-state index in [1.807, 2.05) is 0 Å². The zero-order valence-electron chi connectivity index (χ0n) is 18.0. The lowest BCUT2D eigenvalue weighted by atomic mass is 9.76. The number of benzene rings is 1. The number of rotatable bonds is 5. The van der Waals surface area contributed by atoms with Crippen LogP contribution in [0.4, 0.5) is 13.2 Å². The van der Waals surface area contributed by atoms with Crippen molar-refractivity contribution in [2.75, 3.05) is 33.4 Å². The van der Waals surface area contributed by atoms with Gasteiger partial charge in [-0.3, -0.25) is 9.69 Å². The molecule has 1 saturated carbocycles. The summed E-state index contributed by atoms with van der Waals surface area (Å²) >= 11 is 0. The molecule has 0 unspecified atom stereocenters. The van der Waals surface area contributed by atoms with Gasteiger partial charge in [0.1, 0.15) is 5.75 Å². The van der Waals surface area contributed by atoms with Gasteiger partial charge < -0.3 is 14.4 Å². The average molecular weight is 441 g/mol. The van der Waals surface area contributed by atoms with Crippen LogP contribution in [0.25, 0.3) is 0 Å². The number of amides is 1. The third kappa shape index (κ3) is 5.00. The second kappa shape index (κ2) is 8.98. The van der Waals surface area contributed by atoms with Crippen LogP contribution in [0, 0.1) is 0 Å². The number of carbonyl (C=O) groups excluding carboxylic acids is 1. The Balaban J connectivity index is 1.41. The van der Waals surface area contributed by atoms with Crippen molar-refractivity contribution in [3.05, 3.63) is 29.8 Å². The van der Waals surface area contributed by atoms with Gasteiger partial charge in [-0.2, -0.15) is 13.2 Å². The van der Waals surface area contributed by atoms with Crippen LogP contribution in [-0.2, 0) is 15.7 Å². The highest BCUT2D eigenvalue weighted by Crippen LogP contribution is 2.43. The Kier molecular flexibility index (Phi) is 6.49. The van der Waals surface area contributed by atoms with Crippen molar-refractivity contribution in [2.24, 2.45) is 0 Å². The van der Waals surface area contributed by atoms with Gasteiger partial charge in [0.25, 0.3) is 5.91 Å². The van der Waals surface area contributed by atoms with Gasteiger partial charge in [0.05, 0.1) is 11.2 Å². The molecule has 4 rings (SSSR count). The number of hydrogen-bond acceptors (Lipinski definition) is 4. The molecule has 1 aromatic rings. The molecule has 1 aromatic carbocycles. The Morgan fingerprint density at radius 1 is 1.26 bits per heavy atom. The smallest absolute Gasteiger partial charge is 0.416 e. The molecule has 2 aliphatic heterocycles. The Hall–Kier alpha value is -1.80. The van der Waals surface area contributed by atoms with Gasteiger partial charge in [0.15, 0.2) is 6.61 Å². The summed E-state index contributed by atoms with van der Waals surface area (Å²) in [5, 5.41) is 0. The lowest BCUT2D eigenvalue weighted by Gasteiger charge is -2.48. The van der Waals surface area contributed by atoms with Crippen LogP contribution in [0.5, 0.6) is 5.75 Å². The van der Waals surface area contributed by atoms with Gasteiger partial charge in [-0.1, -0.05) is 6.07 Å². The molecule has 0 radical (unpaired) electrons. The Labute approximate surface area is 181 Å². The summed E-state index contributed by atoms with van der Waals surface area (Å²) in [4.78, 5) is 17.1. The SMILES string of the molecule is CN(C(=O)COc1cccc(C(F)(F)F)c1)[C@H]1CC[C@@]2(CCCO2)C[C@@H]1N1CCCC1. The molecule has 5 nitrogen and oxygen atoms in total. The van der Waals surface area contributed by atoms with Crippen molar-refractivity contribution >= 4 is 5.91 Å². The molecular formula is C23H31F3N2O3. The van der Waals surface area contributed by atoms with E-state index in [0.717, 1.165) is 63.9 Å². The number of alkyl halides is 3. The number of carbonyl (C=O) groups is 1. The van der Waals surface area contributed by atoms with E-state index in [1.54, 1.807) is 11.9 Å². The summed E-state index contributed by atoms with van der Waals surface area (Å²) in [6.07, 6.45) is 2.83. The Morgan fingerprint density at radius 3 is 2.71 bits per heavy atom. The summed E-state index contributed by atoms with van der Waals surface area (Å²) in [5.74, 6) is -0.162. The molecule has 2 saturated heterocycles. The van der Waals surface area contributed by atoms with Gasteiger partial charge in [-0.05, 0) is 76.2 Å². The van der Waals surface area contributed by atoms with Crippen molar-refractivity contribution in [2.45, 2.75) is 68.8 Å². The molecule has 2 heterocycles. The molecule has 8 heteroatoms. The molecule has 3 fully saturated rings. The summed E-state index contributed by atoms with van der Waals surface area (Å²) < 4.78 is 50.3. The number of hydrogen-bond donors (Lipinski definition) is 0. The van der Waals surface area contributed by atoms with Crippen molar-refractivity contribution in [1.29, 1.82) is 0 Å². The van der Waals surface area contributed by atoms with Crippen LogP contribution in [-0.4, -0.2) is 66.7 Å². The van der Waals surface area contributed by atoms with E-state index in [1.165, 1.54) is 25.0 Å². The molecule has 1 aliphatic carbocycles. The largest absolute Gasteiger partial charge is 0.484 e. The second-order valence-corrected chi connectivity index (χ2v) is 9.07. The van der Waals surface area contributed by atoms with Crippen molar-refractivity contribution in [3.63, 3.8) is 0 Å². The second-order valence-electron chi connectivity index (χ2n) is 9.07. The highest BCUT2D eigenvalue weighted by atomic mass is 19.4. The molecule has 0 aromatic heterocycles. The first-order chi connectivity index (χ1) is 14.8. The number of likely N-dealkylation sites (N-methyl/N-ethyl adjacent to an activating group) is 1. The fourth-order valence-corrected chi connectivity index (χ4v) is 5.43. The predicted molar refractivity (Wildman–Crippen MR) is 110 cm³/mol. The van der Waals surface area contributed by atoms with Crippen molar-refractivity contribution in [1.82, 2.24) is 9.80 Å². The zero-order valence-corrected chi connectivity index (χ0v) is 18.0. The summed E-state index contributed by atoms with van der Waals surface area (Å²) in [5.41, 5.74) is -0.837. The summed E-state index contributed by atoms with van der Waals surface area (Å²) in [7, 11) is 1.79. The minimum absolute atomic E-state index is 0.0506. The standard InChI is InChI=1S/C23H31F3N2O3/c1-27(21(29)16-30-18-7-4-6-17(14-18)23(24,25)26)19-8-10-22(9-5-13-31-22)15-20(19)28-11-2-3-12-28/h4,6-7,14,19-20H,2-3,5,8-13,15-16H2,1H3/t19-,20-,22-/m0/s1. The zero-order chi connectivity index (χ0) is 22.1. The topological polar surface area (TPSA) is 42.0 Å². The maximum Gasteiger partial charge on any atom is 0.416 e. The first-order valence-electron chi connectivity index (χ1n) is 11.2. The van der Waals surface area contributed by atoms with Gasteiger partial charge in [0, 0.05) is 25.7 Å². The van der Waals surface area contributed by atoms with E-state index in [-0.39, 0.29) is 35.9 Å². The molecule has 3 aliphatic rings. The maximum absolute atomic E-state index is 12.9. The number of halogens is 3. The fourth-order valence-electron chi connectivity index (χ4n) is 5.43. The van der Waals surface area contributed by atoms with E-state index < -0.39 is 11.7 Å². The van der Waals surface area contributed by atoms with Crippen LogP contribution in [0.1, 0.15) is 50.5 Å². The molecule has 0 N–H and O–H groups in total. The predicted octanol–water partition coefficient (Wildman–Crippen LogP) is 4.11. The van der Waals surface area contributed by atoms with Crippen molar-refractivity contribution < 1.29 is 27.4 Å². The lowest BCUT2D eigenvalue weighted by molar-refractivity contribution is -0.139. The summed E-state index contributed by atoms with van der Waals surface area (Å²) in [6.45, 7) is 2.62. The van der Waals surface area contributed by atoms with Crippen LogP contribution in [0.3, 0.4) is 0 Å². The molecule has 1 spiro atoms. The third-order valence-corrected chi connectivity index (χ3v) is 7.13. The van der Waals surface area contributed by atoms with Crippen LogP contribution in [0.2, 0.25) is 0 Å². The van der Waals surface area contributed by atoms with Gasteiger partial charge in [0.2, 0.25) is 0 Å². The van der Waals surface area contributed by atoms with E-state index in [0.29, 0.717) is 0 Å². The number of ether oxygens (including phenoxy) is 2. The van der Waals surface area contributed by atoms with Crippen LogP contribution >= 0.6 is 0 Å². The molecule has 3 atom stereocenters. The van der Waals surface area contributed by atoms with E-state index in [2.05, 4.69) is 4.90 Å². The quantitative estimate of drug-likeness (QED) is 0.691. The van der Waals surface area contributed by atoms with Gasteiger partial charge in [-0.15, -0.1) is 0 Å². The molecule has 0 bridgehead atoms. The minimum Gasteiger partial charge on any atom is -0.484 e. The third-order valence-electron chi connectivity index (χ3n) is 7.13. The monoisotopic (exact) mass is 440 g/mol. The number of likely N-dealkylation sites (tertiary alicyclic amines) is 1. The average Bonchev–Trinajstić information content (AvgIpc) is 3.44. The normalized spacial score (nSPS) is 29.4. The molecule has 172 valence electrons. The highest BCUT2D eigenvalue weighted by Gasteiger charge is 2.47.